The molecular formula is C22H26ClNO5. The topological polar surface area (TPSA) is 73.9 Å². The van der Waals surface area contributed by atoms with Gasteiger partial charge in [0.1, 0.15) is 0 Å². The summed E-state index contributed by atoms with van der Waals surface area (Å²) in [6.07, 6.45) is -0.195. The number of carbonyl (C=O) groups is 2. The first-order chi connectivity index (χ1) is 13.8. The first-order valence-corrected chi connectivity index (χ1v) is 9.74. The van der Waals surface area contributed by atoms with Crippen LogP contribution in [0.3, 0.4) is 0 Å². The quantitative estimate of drug-likeness (QED) is 0.613. The second-order valence-electron chi connectivity index (χ2n) is 6.69. The number of anilines is 1. The van der Waals surface area contributed by atoms with Crippen LogP contribution in [0.15, 0.2) is 30.3 Å². The van der Waals surface area contributed by atoms with Gasteiger partial charge in [0.15, 0.2) is 17.6 Å². The minimum Gasteiger partial charge on any atom is -0.493 e. The molecule has 0 aromatic heterocycles. The molecule has 0 fully saturated rings. The van der Waals surface area contributed by atoms with Gasteiger partial charge in [0, 0.05) is 5.69 Å². The Kier molecular flexibility index (Phi) is 7.91. The van der Waals surface area contributed by atoms with Crippen LogP contribution >= 0.6 is 11.6 Å². The zero-order valence-electron chi connectivity index (χ0n) is 17.3. The van der Waals surface area contributed by atoms with Gasteiger partial charge in [0.05, 0.1) is 24.3 Å². The number of ether oxygens (including phenoxy) is 3. The Morgan fingerprint density at radius 3 is 2.55 bits per heavy atom. The number of carbonyl (C=O) groups excluding carboxylic acids is 2. The molecule has 2 aromatic carbocycles. The molecule has 0 radical (unpaired) electrons. The standard InChI is InChI=1S/C22H26ClNO5/c1-6-9-28-20-17(23)11-16(12-19(20)27-5)22(26)29-15(4)21(25)24-18-10-13(2)7-8-14(18)3/h7-8,10-12,15H,6,9H2,1-5H3,(H,24,25). The molecule has 2 rings (SSSR count). The highest BCUT2D eigenvalue weighted by atomic mass is 35.5. The number of benzene rings is 2. The zero-order valence-corrected chi connectivity index (χ0v) is 18.1. The van der Waals surface area contributed by atoms with Crippen molar-refractivity contribution >= 4 is 29.2 Å². The largest absolute Gasteiger partial charge is 0.493 e. The molecule has 156 valence electrons. The van der Waals surface area contributed by atoms with Gasteiger partial charge in [-0.3, -0.25) is 4.79 Å². The summed E-state index contributed by atoms with van der Waals surface area (Å²) in [5.41, 5.74) is 2.78. The van der Waals surface area contributed by atoms with Crippen molar-refractivity contribution in [1.82, 2.24) is 0 Å². The summed E-state index contributed by atoms with van der Waals surface area (Å²) in [4.78, 5) is 25.0. The molecule has 0 heterocycles. The molecule has 0 aliphatic carbocycles. The highest BCUT2D eigenvalue weighted by molar-refractivity contribution is 6.32. The fourth-order valence-electron chi connectivity index (χ4n) is 2.57. The van der Waals surface area contributed by atoms with E-state index in [4.69, 9.17) is 25.8 Å². The average molecular weight is 420 g/mol. The van der Waals surface area contributed by atoms with Crippen LogP contribution in [-0.4, -0.2) is 31.7 Å². The van der Waals surface area contributed by atoms with Crippen molar-refractivity contribution in [2.75, 3.05) is 19.0 Å². The van der Waals surface area contributed by atoms with Gasteiger partial charge in [-0.2, -0.15) is 0 Å². The maximum atomic E-state index is 12.5. The Morgan fingerprint density at radius 2 is 1.90 bits per heavy atom. The van der Waals surface area contributed by atoms with E-state index in [9.17, 15) is 9.59 Å². The smallest absolute Gasteiger partial charge is 0.339 e. The maximum absolute atomic E-state index is 12.5. The number of hydrogen-bond acceptors (Lipinski definition) is 5. The van der Waals surface area contributed by atoms with Crippen LogP contribution in [0, 0.1) is 13.8 Å². The molecule has 0 aliphatic rings. The van der Waals surface area contributed by atoms with E-state index in [0.29, 0.717) is 23.8 Å². The van der Waals surface area contributed by atoms with Crippen LogP contribution in [0.2, 0.25) is 5.02 Å². The van der Waals surface area contributed by atoms with Crippen molar-refractivity contribution < 1.29 is 23.8 Å². The van der Waals surface area contributed by atoms with E-state index < -0.39 is 18.0 Å². The van der Waals surface area contributed by atoms with Crippen molar-refractivity contribution in [2.45, 2.75) is 40.2 Å². The number of methoxy groups -OCH3 is 1. The zero-order chi connectivity index (χ0) is 21.6. The summed E-state index contributed by atoms with van der Waals surface area (Å²) < 4.78 is 16.2. The molecular weight excluding hydrogens is 394 g/mol. The molecule has 1 amide bonds. The van der Waals surface area contributed by atoms with Gasteiger partial charge in [-0.15, -0.1) is 0 Å². The van der Waals surface area contributed by atoms with Crippen molar-refractivity contribution in [1.29, 1.82) is 0 Å². The molecule has 1 atom stereocenters. The third-order valence-corrected chi connectivity index (χ3v) is 4.50. The summed E-state index contributed by atoms with van der Waals surface area (Å²) in [5, 5.41) is 3.02. The van der Waals surface area contributed by atoms with Crippen LogP contribution in [0.25, 0.3) is 0 Å². The third-order valence-electron chi connectivity index (χ3n) is 4.22. The van der Waals surface area contributed by atoms with Gasteiger partial charge >= 0.3 is 5.97 Å². The van der Waals surface area contributed by atoms with Crippen LogP contribution in [0.1, 0.15) is 41.8 Å². The Morgan fingerprint density at radius 1 is 1.17 bits per heavy atom. The van der Waals surface area contributed by atoms with Crippen molar-refractivity contribution in [3.05, 3.63) is 52.0 Å². The number of hydrogen-bond donors (Lipinski definition) is 1. The fraction of sp³-hybridized carbons (Fsp3) is 0.364. The van der Waals surface area contributed by atoms with Gasteiger partial charge in [0.25, 0.3) is 5.91 Å². The number of aryl methyl sites for hydroxylation is 2. The van der Waals surface area contributed by atoms with E-state index >= 15 is 0 Å². The molecule has 0 saturated carbocycles. The first kappa shape index (κ1) is 22.6. The molecule has 0 spiro atoms. The van der Waals surface area contributed by atoms with Gasteiger partial charge < -0.3 is 19.5 Å². The van der Waals surface area contributed by atoms with Crippen molar-refractivity contribution in [3.8, 4) is 11.5 Å². The van der Waals surface area contributed by atoms with E-state index in [1.807, 2.05) is 39.0 Å². The van der Waals surface area contributed by atoms with E-state index in [0.717, 1.165) is 17.5 Å². The molecule has 1 unspecified atom stereocenters. The number of halogens is 1. The molecule has 0 bridgehead atoms. The van der Waals surface area contributed by atoms with E-state index in [2.05, 4.69) is 5.32 Å². The molecule has 2 aromatic rings. The van der Waals surface area contributed by atoms with Gasteiger partial charge in [-0.05, 0) is 56.5 Å². The lowest BCUT2D eigenvalue weighted by atomic mass is 10.1. The molecule has 7 heteroatoms. The Hall–Kier alpha value is -2.73. The highest BCUT2D eigenvalue weighted by Crippen LogP contribution is 2.36. The number of amides is 1. The molecule has 0 aliphatic heterocycles. The third kappa shape index (κ3) is 5.87. The molecule has 0 saturated heterocycles. The minimum absolute atomic E-state index is 0.169. The summed E-state index contributed by atoms with van der Waals surface area (Å²) in [5.74, 6) is -0.414. The lowest BCUT2D eigenvalue weighted by Gasteiger charge is -2.16. The maximum Gasteiger partial charge on any atom is 0.339 e. The van der Waals surface area contributed by atoms with Gasteiger partial charge in [-0.1, -0.05) is 30.7 Å². The van der Waals surface area contributed by atoms with E-state index in [1.165, 1.54) is 26.2 Å². The molecule has 6 nitrogen and oxygen atoms in total. The lowest BCUT2D eigenvalue weighted by Crippen LogP contribution is -2.30. The van der Waals surface area contributed by atoms with Gasteiger partial charge in [-0.25, -0.2) is 4.79 Å². The Labute approximate surface area is 176 Å². The summed E-state index contributed by atoms with van der Waals surface area (Å²) >= 11 is 6.24. The average Bonchev–Trinajstić information content (AvgIpc) is 2.69. The highest BCUT2D eigenvalue weighted by Gasteiger charge is 2.22. The second-order valence-corrected chi connectivity index (χ2v) is 7.10. The van der Waals surface area contributed by atoms with Crippen LogP contribution in [0.5, 0.6) is 11.5 Å². The van der Waals surface area contributed by atoms with E-state index in [1.54, 1.807) is 0 Å². The van der Waals surface area contributed by atoms with Crippen LogP contribution < -0.4 is 14.8 Å². The Balaban J connectivity index is 2.11. The lowest BCUT2D eigenvalue weighted by molar-refractivity contribution is -0.123. The number of esters is 1. The predicted octanol–water partition coefficient (Wildman–Crippen LogP) is 4.94. The molecule has 29 heavy (non-hydrogen) atoms. The van der Waals surface area contributed by atoms with Crippen molar-refractivity contribution in [2.24, 2.45) is 0 Å². The Bertz CT molecular complexity index is 897. The molecule has 1 N–H and O–H groups in total. The fourth-order valence-corrected chi connectivity index (χ4v) is 2.83. The normalized spacial score (nSPS) is 11.5. The van der Waals surface area contributed by atoms with E-state index in [-0.39, 0.29) is 10.6 Å². The summed E-state index contributed by atoms with van der Waals surface area (Å²) in [7, 11) is 1.46. The summed E-state index contributed by atoms with van der Waals surface area (Å²) in [6.45, 7) is 7.77. The minimum atomic E-state index is -0.997. The first-order valence-electron chi connectivity index (χ1n) is 9.36. The van der Waals surface area contributed by atoms with Crippen LogP contribution in [0.4, 0.5) is 5.69 Å². The summed E-state index contributed by atoms with van der Waals surface area (Å²) in [6, 6.07) is 8.65. The monoisotopic (exact) mass is 419 g/mol. The van der Waals surface area contributed by atoms with Crippen molar-refractivity contribution in [3.63, 3.8) is 0 Å². The SMILES string of the molecule is CCCOc1c(Cl)cc(C(=O)OC(C)C(=O)Nc2cc(C)ccc2C)cc1OC. The van der Waals surface area contributed by atoms with Gasteiger partial charge in [0.2, 0.25) is 0 Å². The number of nitrogens with one attached hydrogen (secondary N) is 1. The van der Waals surface area contributed by atoms with Crippen LogP contribution in [-0.2, 0) is 9.53 Å². The number of rotatable bonds is 8. The predicted molar refractivity (Wildman–Crippen MR) is 113 cm³/mol. The second kappa shape index (κ2) is 10.2.